The maximum absolute atomic E-state index is 12.9. The number of hydrogen-bond donors (Lipinski definition) is 1. The maximum atomic E-state index is 12.9. The first-order chi connectivity index (χ1) is 37.5. The molecule has 0 saturated carbocycles. The van der Waals surface area contributed by atoms with Gasteiger partial charge in [-0.05, 0) is 12.8 Å². The average molecular weight is 1110 g/mol. The number of nitrogens with zero attached hydrogens (tertiary/aromatic N) is 1. The van der Waals surface area contributed by atoms with Gasteiger partial charge < -0.3 is 18.9 Å². The SMILES string of the molecule is CCCCCCCCCCCCCCCCCCCCCCCCCCCCCCCCCCCCC(=O)OC(COC(=O)CCCCCCCCCCCCCCCCCCCCC)COP(=O)(O)OCC[N+](C)(C)C. The Morgan fingerprint density at radius 1 is 0.351 bits per heavy atom. The fourth-order valence-electron chi connectivity index (χ4n) is 10.6. The highest BCUT2D eigenvalue weighted by Gasteiger charge is 2.27. The van der Waals surface area contributed by atoms with E-state index in [1.807, 2.05) is 21.1 Å². The van der Waals surface area contributed by atoms with Gasteiger partial charge in [0.25, 0.3) is 0 Å². The van der Waals surface area contributed by atoms with Crippen LogP contribution in [0.1, 0.15) is 367 Å². The predicted octanol–water partition coefficient (Wildman–Crippen LogP) is 21.8. The Hall–Kier alpha value is -0.990. The lowest BCUT2D eigenvalue weighted by Gasteiger charge is -2.24. The third kappa shape index (κ3) is 64.1. The zero-order valence-electron chi connectivity index (χ0n) is 52.5. The van der Waals surface area contributed by atoms with Gasteiger partial charge in [-0.15, -0.1) is 0 Å². The van der Waals surface area contributed by atoms with Crippen LogP contribution in [0.2, 0.25) is 0 Å². The summed E-state index contributed by atoms with van der Waals surface area (Å²) in [6.45, 7) is 4.52. The summed E-state index contributed by atoms with van der Waals surface area (Å²) in [6, 6.07) is 0. The number of hydrogen-bond acceptors (Lipinski definition) is 7. The quantitative estimate of drug-likeness (QED) is 0.0278. The Morgan fingerprint density at radius 3 is 0.831 bits per heavy atom. The van der Waals surface area contributed by atoms with E-state index in [4.69, 9.17) is 18.5 Å². The summed E-state index contributed by atoms with van der Waals surface area (Å²) < 4.78 is 34.7. The normalized spacial score (nSPS) is 13.1. The van der Waals surface area contributed by atoms with E-state index >= 15 is 0 Å². The molecule has 0 spiro atoms. The van der Waals surface area contributed by atoms with Crippen molar-refractivity contribution in [2.75, 3.05) is 47.5 Å². The summed E-state index contributed by atoms with van der Waals surface area (Å²) >= 11 is 0. The number of likely N-dealkylation sites (N-methyl/N-ethyl adjacent to an activating group) is 1. The second kappa shape index (κ2) is 59.6. The minimum Gasteiger partial charge on any atom is -0.462 e. The van der Waals surface area contributed by atoms with Gasteiger partial charge in [0.05, 0.1) is 27.7 Å². The monoisotopic (exact) mass is 1110 g/mol. The van der Waals surface area contributed by atoms with E-state index in [9.17, 15) is 19.0 Å². The number of unbranched alkanes of at least 4 members (excludes halogenated alkanes) is 51. The summed E-state index contributed by atoms with van der Waals surface area (Å²) in [5.41, 5.74) is 0. The van der Waals surface area contributed by atoms with E-state index < -0.39 is 26.5 Å². The molecule has 0 saturated heterocycles. The van der Waals surface area contributed by atoms with E-state index in [2.05, 4.69) is 13.8 Å². The Bertz CT molecular complexity index is 1260. The van der Waals surface area contributed by atoms with Crippen LogP contribution in [0, 0.1) is 0 Å². The molecule has 0 bridgehead atoms. The van der Waals surface area contributed by atoms with Crippen LogP contribution in [-0.2, 0) is 32.7 Å². The van der Waals surface area contributed by atoms with Crippen LogP contribution >= 0.6 is 7.82 Å². The van der Waals surface area contributed by atoms with Crippen molar-refractivity contribution in [2.45, 2.75) is 373 Å². The highest BCUT2D eigenvalue weighted by Crippen LogP contribution is 2.43. The van der Waals surface area contributed by atoms with Gasteiger partial charge in [-0.3, -0.25) is 18.6 Å². The average Bonchev–Trinajstić information content (AvgIpc) is 3.39. The van der Waals surface area contributed by atoms with Crippen LogP contribution < -0.4 is 0 Å². The number of rotatable bonds is 65. The third-order valence-corrected chi connectivity index (χ3v) is 16.9. The van der Waals surface area contributed by atoms with Crippen molar-refractivity contribution >= 4 is 19.8 Å². The van der Waals surface area contributed by atoms with Crippen molar-refractivity contribution in [3.8, 4) is 0 Å². The number of phosphoric ester groups is 1. The smallest absolute Gasteiger partial charge is 0.462 e. The molecular weight excluding hydrogens is 978 g/mol. The van der Waals surface area contributed by atoms with Crippen LogP contribution in [0.5, 0.6) is 0 Å². The van der Waals surface area contributed by atoms with Crippen LogP contribution in [0.25, 0.3) is 0 Å². The lowest BCUT2D eigenvalue weighted by molar-refractivity contribution is -0.870. The minimum absolute atomic E-state index is 0.0376. The van der Waals surface area contributed by atoms with Crippen molar-refractivity contribution in [2.24, 2.45) is 0 Å². The van der Waals surface area contributed by atoms with E-state index in [0.717, 1.165) is 38.5 Å². The Balaban J connectivity index is 3.93. The van der Waals surface area contributed by atoms with Gasteiger partial charge in [-0.1, -0.05) is 341 Å². The number of quaternary nitrogens is 1. The van der Waals surface area contributed by atoms with Gasteiger partial charge in [0.1, 0.15) is 19.8 Å². The van der Waals surface area contributed by atoms with Crippen LogP contribution in [0.3, 0.4) is 0 Å². The van der Waals surface area contributed by atoms with Crippen molar-refractivity contribution in [1.82, 2.24) is 0 Å². The maximum Gasteiger partial charge on any atom is 0.472 e. The van der Waals surface area contributed by atoms with Gasteiger partial charge in [0, 0.05) is 12.8 Å². The second-order valence-corrected chi connectivity index (χ2v) is 26.4. The molecule has 0 aliphatic rings. The lowest BCUT2D eigenvalue weighted by atomic mass is 10.0. The lowest BCUT2D eigenvalue weighted by Crippen LogP contribution is -2.37. The molecular formula is C67H135NO8P+. The van der Waals surface area contributed by atoms with E-state index in [0.29, 0.717) is 17.4 Å². The van der Waals surface area contributed by atoms with E-state index in [-0.39, 0.29) is 25.6 Å². The van der Waals surface area contributed by atoms with Crippen molar-refractivity contribution < 1.29 is 42.1 Å². The molecule has 0 radical (unpaired) electrons. The van der Waals surface area contributed by atoms with Gasteiger partial charge in [-0.2, -0.15) is 0 Å². The molecule has 77 heavy (non-hydrogen) atoms. The summed E-state index contributed by atoms with van der Waals surface area (Å²) in [5.74, 6) is -0.769. The van der Waals surface area contributed by atoms with Gasteiger partial charge in [-0.25, -0.2) is 4.57 Å². The fraction of sp³-hybridized carbons (Fsp3) is 0.970. The summed E-state index contributed by atoms with van der Waals surface area (Å²) in [5, 5.41) is 0. The third-order valence-electron chi connectivity index (χ3n) is 15.9. The highest BCUT2D eigenvalue weighted by atomic mass is 31.2. The van der Waals surface area contributed by atoms with Gasteiger partial charge >= 0.3 is 19.8 Å². The molecule has 2 atom stereocenters. The molecule has 2 unspecified atom stereocenters. The number of esters is 2. The standard InChI is InChI=1S/C67H134NO8P/c1-6-8-10-12-14-16-18-20-22-24-26-27-28-29-30-31-32-33-34-35-36-37-38-39-40-42-44-46-48-50-52-54-56-58-60-67(70)76-65(64-75-77(71,72)74-62-61-68(3,4)5)63-73-66(69)59-57-55-53-51-49-47-45-43-41-25-23-21-19-17-15-13-11-9-7-2/h65H,6-64H2,1-5H3/p+1. The molecule has 0 heterocycles. The molecule has 0 aromatic heterocycles. The second-order valence-electron chi connectivity index (χ2n) is 24.9. The van der Waals surface area contributed by atoms with Gasteiger partial charge in [0.2, 0.25) is 0 Å². The molecule has 0 aliphatic heterocycles. The number of ether oxygens (including phenoxy) is 2. The largest absolute Gasteiger partial charge is 0.472 e. The first kappa shape index (κ1) is 76.0. The Labute approximate surface area is 480 Å². The topological polar surface area (TPSA) is 108 Å². The molecule has 0 amide bonds. The molecule has 0 fully saturated rings. The number of phosphoric acid groups is 1. The van der Waals surface area contributed by atoms with Gasteiger partial charge in [0.15, 0.2) is 6.10 Å². The summed E-state index contributed by atoms with van der Waals surface area (Å²) in [7, 11) is 1.51. The number of carbonyl (C=O) groups excluding carboxylic acids is 2. The van der Waals surface area contributed by atoms with E-state index in [1.165, 1.54) is 302 Å². The minimum atomic E-state index is -4.38. The highest BCUT2D eigenvalue weighted by molar-refractivity contribution is 7.47. The van der Waals surface area contributed by atoms with Crippen LogP contribution in [0.4, 0.5) is 0 Å². The van der Waals surface area contributed by atoms with Crippen LogP contribution in [-0.4, -0.2) is 74.9 Å². The molecule has 1 N–H and O–H groups in total. The number of carbonyl (C=O) groups is 2. The Kier molecular flexibility index (Phi) is 58.9. The first-order valence-corrected chi connectivity index (χ1v) is 35.8. The molecule has 9 nitrogen and oxygen atoms in total. The van der Waals surface area contributed by atoms with E-state index in [1.54, 1.807) is 0 Å². The first-order valence-electron chi connectivity index (χ1n) is 34.3. The predicted molar refractivity (Wildman–Crippen MR) is 331 cm³/mol. The molecule has 0 aromatic rings. The molecule has 0 aliphatic carbocycles. The molecule has 10 heteroatoms. The molecule has 0 rings (SSSR count). The van der Waals surface area contributed by atoms with Crippen molar-refractivity contribution in [3.63, 3.8) is 0 Å². The fourth-order valence-corrected chi connectivity index (χ4v) is 11.4. The summed E-state index contributed by atoms with van der Waals surface area (Å²) in [4.78, 5) is 35.8. The zero-order valence-corrected chi connectivity index (χ0v) is 53.4. The van der Waals surface area contributed by atoms with Crippen molar-refractivity contribution in [3.05, 3.63) is 0 Å². The zero-order chi connectivity index (χ0) is 56.3. The van der Waals surface area contributed by atoms with Crippen LogP contribution in [0.15, 0.2) is 0 Å². The Morgan fingerprint density at radius 2 is 0.584 bits per heavy atom. The van der Waals surface area contributed by atoms with Crippen molar-refractivity contribution in [1.29, 1.82) is 0 Å². The molecule has 460 valence electrons. The summed E-state index contributed by atoms with van der Waals surface area (Å²) in [6.07, 6.45) is 70.7. The molecule has 0 aromatic carbocycles.